The van der Waals surface area contributed by atoms with Crippen molar-refractivity contribution in [1.82, 2.24) is 0 Å². The predicted molar refractivity (Wildman–Crippen MR) is 92.4 cm³/mol. The van der Waals surface area contributed by atoms with E-state index in [4.69, 9.17) is 9.47 Å². The Labute approximate surface area is 137 Å². The van der Waals surface area contributed by atoms with Crippen LogP contribution in [0.1, 0.15) is 25.0 Å². The molecular formula is C19H23NO3. The summed E-state index contributed by atoms with van der Waals surface area (Å²) in [4.78, 5) is 12.8. The van der Waals surface area contributed by atoms with Crippen LogP contribution in [0.15, 0.2) is 42.5 Å². The number of aryl methyl sites for hydroxylation is 1. The summed E-state index contributed by atoms with van der Waals surface area (Å²) in [5.74, 6) is 1.16. The molecule has 0 unspecified atom stereocenters. The Morgan fingerprint density at radius 1 is 1.00 bits per heavy atom. The van der Waals surface area contributed by atoms with Crippen LogP contribution >= 0.6 is 0 Å². The molecule has 4 nitrogen and oxygen atoms in total. The highest BCUT2D eigenvalue weighted by molar-refractivity contribution is 5.99. The standard InChI is InChI=1S/C19H23NO3/c1-13-11-16(22-4)17(23-5)12-15(13)20-18(21)19(2,3)14-9-7-6-8-10-14/h6-12H,1-5H3,(H,20,21). The molecule has 0 spiro atoms. The molecular weight excluding hydrogens is 290 g/mol. The highest BCUT2D eigenvalue weighted by Gasteiger charge is 2.30. The predicted octanol–water partition coefficient (Wildman–Crippen LogP) is 3.93. The van der Waals surface area contributed by atoms with Crippen LogP contribution in [-0.2, 0) is 10.2 Å². The number of anilines is 1. The van der Waals surface area contributed by atoms with Crippen molar-refractivity contribution in [2.75, 3.05) is 19.5 Å². The fourth-order valence-corrected chi connectivity index (χ4v) is 2.38. The van der Waals surface area contributed by atoms with E-state index >= 15 is 0 Å². The molecule has 0 aliphatic heterocycles. The molecule has 0 bridgehead atoms. The Hall–Kier alpha value is -2.49. The van der Waals surface area contributed by atoms with Crippen molar-refractivity contribution in [3.05, 3.63) is 53.6 Å². The molecule has 4 heteroatoms. The molecule has 0 saturated heterocycles. The summed E-state index contributed by atoms with van der Waals surface area (Å²) in [7, 11) is 3.17. The van der Waals surface area contributed by atoms with Gasteiger partial charge in [-0.1, -0.05) is 30.3 Å². The number of carbonyl (C=O) groups excluding carboxylic acids is 1. The second kappa shape index (κ2) is 6.73. The Morgan fingerprint density at radius 3 is 2.13 bits per heavy atom. The van der Waals surface area contributed by atoms with Gasteiger partial charge in [0, 0.05) is 11.8 Å². The van der Waals surface area contributed by atoms with Gasteiger partial charge in [0.25, 0.3) is 0 Å². The molecule has 23 heavy (non-hydrogen) atoms. The van der Waals surface area contributed by atoms with E-state index in [1.54, 1.807) is 20.3 Å². The smallest absolute Gasteiger partial charge is 0.234 e. The summed E-state index contributed by atoms with van der Waals surface area (Å²) in [6.07, 6.45) is 0. The number of nitrogens with one attached hydrogen (secondary N) is 1. The molecule has 0 radical (unpaired) electrons. The van der Waals surface area contributed by atoms with Gasteiger partial charge in [-0.2, -0.15) is 0 Å². The number of ether oxygens (including phenoxy) is 2. The average Bonchev–Trinajstić information content (AvgIpc) is 2.56. The fourth-order valence-electron chi connectivity index (χ4n) is 2.38. The normalized spacial score (nSPS) is 11.0. The van der Waals surface area contributed by atoms with Gasteiger partial charge in [0.1, 0.15) is 0 Å². The third-order valence-electron chi connectivity index (χ3n) is 4.04. The minimum atomic E-state index is -0.638. The zero-order valence-corrected chi connectivity index (χ0v) is 14.3. The van der Waals surface area contributed by atoms with Crippen LogP contribution in [0.2, 0.25) is 0 Å². The Bertz CT molecular complexity index is 693. The molecule has 0 fully saturated rings. The van der Waals surface area contributed by atoms with E-state index in [0.29, 0.717) is 11.5 Å². The first kappa shape index (κ1) is 16.9. The van der Waals surface area contributed by atoms with Crippen LogP contribution in [0, 0.1) is 6.92 Å². The number of hydrogen-bond donors (Lipinski definition) is 1. The lowest BCUT2D eigenvalue weighted by atomic mass is 9.83. The summed E-state index contributed by atoms with van der Waals surface area (Å²) in [5, 5.41) is 3.00. The van der Waals surface area contributed by atoms with Gasteiger partial charge in [0.05, 0.1) is 19.6 Å². The summed E-state index contributed by atoms with van der Waals surface area (Å²) in [6, 6.07) is 13.4. The van der Waals surface area contributed by atoms with E-state index in [-0.39, 0.29) is 5.91 Å². The SMILES string of the molecule is COc1cc(C)c(NC(=O)C(C)(C)c2ccccc2)cc1OC. The first-order valence-electron chi connectivity index (χ1n) is 7.49. The first-order chi connectivity index (χ1) is 10.9. The highest BCUT2D eigenvalue weighted by Crippen LogP contribution is 2.34. The van der Waals surface area contributed by atoms with Crippen molar-refractivity contribution < 1.29 is 14.3 Å². The maximum Gasteiger partial charge on any atom is 0.234 e. The van der Waals surface area contributed by atoms with Gasteiger partial charge in [0.2, 0.25) is 5.91 Å². The topological polar surface area (TPSA) is 47.6 Å². The number of hydrogen-bond acceptors (Lipinski definition) is 3. The van der Waals surface area contributed by atoms with E-state index in [0.717, 1.165) is 16.8 Å². The van der Waals surface area contributed by atoms with Gasteiger partial charge < -0.3 is 14.8 Å². The fraction of sp³-hybridized carbons (Fsp3) is 0.316. The molecule has 0 saturated carbocycles. The quantitative estimate of drug-likeness (QED) is 0.910. The summed E-state index contributed by atoms with van der Waals surface area (Å²) < 4.78 is 10.6. The minimum absolute atomic E-state index is 0.0704. The number of rotatable bonds is 5. The number of benzene rings is 2. The van der Waals surface area contributed by atoms with E-state index in [9.17, 15) is 4.79 Å². The molecule has 0 aromatic heterocycles. The monoisotopic (exact) mass is 313 g/mol. The molecule has 0 aliphatic carbocycles. The third kappa shape index (κ3) is 3.47. The lowest BCUT2D eigenvalue weighted by Gasteiger charge is -2.25. The number of carbonyl (C=O) groups is 1. The number of amides is 1. The van der Waals surface area contributed by atoms with Crippen LogP contribution in [0.4, 0.5) is 5.69 Å². The summed E-state index contributed by atoms with van der Waals surface area (Å²) in [6.45, 7) is 5.74. The van der Waals surface area contributed by atoms with Crippen LogP contribution in [0.25, 0.3) is 0 Å². The largest absolute Gasteiger partial charge is 0.493 e. The van der Waals surface area contributed by atoms with Crippen molar-refractivity contribution in [3.63, 3.8) is 0 Å². The summed E-state index contributed by atoms with van der Waals surface area (Å²) >= 11 is 0. The molecule has 122 valence electrons. The Morgan fingerprint density at radius 2 is 1.57 bits per heavy atom. The zero-order chi connectivity index (χ0) is 17.0. The molecule has 0 aliphatic rings. The van der Waals surface area contributed by atoms with Gasteiger partial charge >= 0.3 is 0 Å². The van der Waals surface area contributed by atoms with Crippen LogP contribution in [-0.4, -0.2) is 20.1 Å². The molecule has 2 aromatic rings. The maximum absolute atomic E-state index is 12.8. The van der Waals surface area contributed by atoms with Crippen molar-refractivity contribution >= 4 is 11.6 Å². The minimum Gasteiger partial charge on any atom is -0.493 e. The molecule has 2 rings (SSSR count). The molecule has 2 aromatic carbocycles. The lowest BCUT2D eigenvalue weighted by Crippen LogP contribution is -2.34. The van der Waals surface area contributed by atoms with E-state index in [1.165, 1.54) is 0 Å². The zero-order valence-electron chi connectivity index (χ0n) is 14.3. The van der Waals surface area contributed by atoms with E-state index in [2.05, 4.69) is 5.32 Å². The van der Waals surface area contributed by atoms with Gasteiger partial charge in [-0.25, -0.2) is 0 Å². The first-order valence-corrected chi connectivity index (χ1v) is 7.49. The Kier molecular flexibility index (Phi) is 4.94. The number of methoxy groups -OCH3 is 2. The van der Waals surface area contributed by atoms with E-state index in [1.807, 2.05) is 57.2 Å². The van der Waals surface area contributed by atoms with Crippen LogP contribution in [0.3, 0.4) is 0 Å². The van der Waals surface area contributed by atoms with Gasteiger partial charge in [-0.3, -0.25) is 4.79 Å². The van der Waals surface area contributed by atoms with Crippen LogP contribution < -0.4 is 14.8 Å². The lowest BCUT2D eigenvalue weighted by molar-refractivity contribution is -0.120. The van der Waals surface area contributed by atoms with Gasteiger partial charge in [-0.15, -0.1) is 0 Å². The van der Waals surface area contributed by atoms with Crippen molar-refractivity contribution in [3.8, 4) is 11.5 Å². The average molecular weight is 313 g/mol. The van der Waals surface area contributed by atoms with Gasteiger partial charge in [0.15, 0.2) is 11.5 Å². The molecule has 0 atom stereocenters. The second-order valence-corrected chi connectivity index (χ2v) is 5.97. The highest BCUT2D eigenvalue weighted by atomic mass is 16.5. The van der Waals surface area contributed by atoms with E-state index < -0.39 is 5.41 Å². The summed E-state index contributed by atoms with van der Waals surface area (Å²) in [5.41, 5.74) is 1.97. The molecule has 0 heterocycles. The van der Waals surface area contributed by atoms with Crippen molar-refractivity contribution in [1.29, 1.82) is 0 Å². The Balaban J connectivity index is 2.30. The third-order valence-corrected chi connectivity index (χ3v) is 4.04. The maximum atomic E-state index is 12.8. The molecule has 1 amide bonds. The van der Waals surface area contributed by atoms with Crippen LogP contribution in [0.5, 0.6) is 11.5 Å². The van der Waals surface area contributed by atoms with Crippen molar-refractivity contribution in [2.45, 2.75) is 26.2 Å². The van der Waals surface area contributed by atoms with Crippen molar-refractivity contribution in [2.24, 2.45) is 0 Å². The molecule has 1 N–H and O–H groups in total. The second-order valence-electron chi connectivity index (χ2n) is 5.97. The van der Waals surface area contributed by atoms with Gasteiger partial charge in [-0.05, 0) is 38.0 Å².